The summed E-state index contributed by atoms with van der Waals surface area (Å²) in [5.41, 5.74) is 2.10. The highest BCUT2D eigenvalue weighted by Gasteiger charge is 2.24. The van der Waals surface area contributed by atoms with E-state index in [1.807, 2.05) is 31.2 Å². The number of hydrogen-bond donors (Lipinski definition) is 3. The zero-order valence-electron chi connectivity index (χ0n) is 18.3. The molecule has 0 spiro atoms. The van der Waals surface area contributed by atoms with Gasteiger partial charge in [-0.15, -0.1) is 0 Å². The second-order valence-corrected chi connectivity index (χ2v) is 8.11. The number of non-ortho nitro benzene ring substituents is 1. The van der Waals surface area contributed by atoms with Crippen molar-refractivity contribution >= 4 is 39.8 Å². The van der Waals surface area contributed by atoms with E-state index in [1.54, 1.807) is 0 Å². The summed E-state index contributed by atoms with van der Waals surface area (Å²) >= 11 is 0. The molecule has 0 saturated carbocycles. The zero-order chi connectivity index (χ0) is 23.4. The average Bonchev–Trinajstić information content (AvgIpc) is 3.48. The highest BCUT2D eigenvalue weighted by molar-refractivity contribution is 6.07. The molecule has 2 aromatic carbocycles. The lowest BCUT2D eigenvalue weighted by molar-refractivity contribution is -0.384. The number of hydrogen-bond acceptors (Lipinski definition) is 6. The molecule has 1 unspecified atom stereocenters. The summed E-state index contributed by atoms with van der Waals surface area (Å²) < 4.78 is 0. The van der Waals surface area contributed by atoms with Gasteiger partial charge in [-0.25, -0.2) is 0 Å². The monoisotopic (exact) mass is 450 g/mol. The molecule has 172 valence electrons. The minimum atomic E-state index is -0.775. The van der Waals surface area contributed by atoms with E-state index in [2.05, 4.69) is 25.7 Å². The maximum absolute atomic E-state index is 13.0. The second-order valence-electron chi connectivity index (χ2n) is 8.11. The second kappa shape index (κ2) is 9.68. The van der Waals surface area contributed by atoms with Crippen molar-refractivity contribution in [3.05, 3.63) is 58.3 Å². The van der Waals surface area contributed by atoms with Crippen molar-refractivity contribution in [3.63, 3.8) is 0 Å². The van der Waals surface area contributed by atoms with Crippen molar-refractivity contribution in [2.75, 3.05) is 23.3 Å². The van der Waals surface area contributed by atoms with E-state index in [1.165, 1.54) is 18.2 Å². The van der Waals surface area contributed by atoms with Crippen LogP contribution in [0.1, 0.15) is 43.1 Å². The maximum atomic E-state index is 13.0. The Morgan fingerprint density at radius 2 is 2.00 bits per heavy atom. The third-order valence-electron chi connectivity index (χ3n) is 5.76. The van der Waals surface area contributed by atoms with Gasteiger partial charge in [-0.1, -0.05) is 19.4 Å². The Morgan fingerprint density at radius 3 is 2.73 bits per heavy atom. The number of benzene rings is 2. The van der Waals surface area contributed by atoms with Gasteiger partial charge in [0.2, 0.25) is 5.91 Å². The van der Waals surface area contributed by atoms with Gasteiger partial charge in [-0.3, -0.25) is 24.8 Å². The minimum Gasteiger partial charge on any atom is -0.371 e. The Bertz CT molecular complexity index is 1180. The van der Waals surface area contributed by atoms with Crippen molar-refractivity contribution in [1.82, 2.24) is 15.5 Å². The number of carbonyl (C=O) groups is 2. The number of amides is 2. The summed E-state index contributed by atoms with van der Waals surface area (Å²) in [5.74, 6) is -0.893. The molecule has 10 heteroatoms. The van der Waals surface area contributed by atoms with Crippen molar-refractivity contribution in [2.45, 2.75) is 38.6 Å². The van der Waals surface area contributed by atoms with Crippen LogP contribution in [0.5, 0.6) is 0 Å². The molecule has 2 heterocycles. The number of H-pyrrole nitrogens is 1. The van der Waals surface area contributed by atoms with E-state index in [0.717, 1.165) is 31.6 Å². The number of anilines is 2. The minimum absolute atomic E-state index is 0.0126. The van der Waals surface area contributed by atoms with Crippen LogP contribution in [0, 0.1) is 10.1 Å². The van der Waals surface area contributed by atoms with Crippen LogP contribution in [-0.4, -0.2) is 46.1 Å². The molecule has 1 aliphatic heterocycles. The van der Waals surface area contributed by atoms with Crippen molar-refractivity contribution in [3.8, 4) is 0 Å². The van der Waals surface area contributed by atoms with Crippen LogP contribution < -0.4 is 15.5 Å². The molecule has 10 nitrogen and oxygen atoms in total. The first kappa shape index (κ1) is 22.3. The first-order valence-electron chi connectivity index (χ1n) is 11.1. The molecule has 1 saturated heterocycles. The average molecular weight is 450 g/mol. The maximum Gasteiger partial charge on any atom is 0.273 e. The number of nitrogens with one attached hydrogen (secondary N) is 3. The fraction of sp³-hybridized carbons (Fsp3) is 0.348. The summed E-state index contributed by atoms with van der Waals surface area (Å²) in [6, 6.07) is 11.0. The van der Waals surface area contributed by atoms with Gasteiger partial charge in [0.25, 0.3) is 11.6 Å². The summed E-state index contributed by atoms with van der Waals surface area (Å²) in [7, 11) is 0. The van der Waals surface area contributed by atoms with Crippen LogP contribution in [0.3, 0.4) is 0 Å². The van der Waals surface area contributed by atoms with Crippen molar-refractivity contribution < 1.29 is 14.5 Å². The molecule has 3 aromatic rings. The van der Waals surface area contributed by atoms with Gasteiger partial charge < -0.3 is 15.5 Å². The molecule has 3 N–H and O–H groups in total. The van der Waals surface area contributed by atoms with E-state index in [9.17, 15) is 19.7 Å². The van der Waals surface area contributed by atoms with E-state index < -0.39 is 16.9 Å². The zero-order valence-corrected chi connectivity index (χ0v) is 18.3. The Labute approximate surface area is 190 Å². The van der Waals surface area contributed by atoms with Crippen LogP contribution in [0.4, 0.5) is 17.1 Å². The predicted octanol–water partition coefficient (Wildman–Crippen LogP) is 3.61. The number of nitro benzene ring substituents is 1. The standard InChI is InChI=1S/C23H26N6O4/c1-2-6-20(22(30)24-15-7-5-8-16(13-15)28-11-3-4-12-28)25-23(31)21-18-14-17(29(32)33)9-10-19(18)26-27-21/h5,7-10,13-14,20H,2-4,6,11-12H2,1H3,(H,24,30)(H,25,31)(H,26,27). The number of aromatic nitrogens is 2. The van der Waals surface area contributed by atoms with E-state index in [-0.39, 0.29) is 17.3 Å². The first-order chi connectivity index (χ1) is 16.0. The van der Waals surface area contributed by atoms with Gasteiger partial charge in [-0.2, -0.15) is 5.10 Å². The fourth-order valence-corrected chi connectivity index (χ4v) is 4.06. The third kappa shape index (κ3) is 4.94. The molecule has 0 bridgehead atoms. The van der Waals surface area contributed by atoms with Gasteiger partial charge in [0.05, 0.1) is 10.4 Å². The molecule has 1 aromatic heterocycles. The third-order valence-corrected chi connectivity index (χ3v) is 5.76. The molecule has 2 amide bonds. The highest BCUT2D eigenvalue weighted by Crippen LogP contribution is 2.24. The van der Waals surface area contributed by atoms with Gasteiger partial charge in [0.15, 0.2) is 5.69 Å². The van der Waals surface area contributed by atoms with Crippen LogP contribution in [0.15, 0.2) is 42.5 Å². The molecule has 4 rings (SSSR count). The van der Waals surface area contributed by atoms with E-state index >= 15 is 0 Å². The summed E-state index contributed by atoms with van der Waals surface area (Å²) in [6.07, 6.45) is 3.43. The quantitative estimate of drug-likeness (QED) is 0.355. The molecule has 33 heavy (non-hydrogen) atoms. The van der Waals surface area contributed by atoms with Gasteiger partial charge in [0.1, 0.15) is 6.04 Å². The lowest BCUT2D eigenvalue weighted by atomic mass is 10.1. The number of nitro groups is 1. The molecule has 0 radical (unpaired) electrons. The Balaban J connectivity index is 1.49. The number of rotatable bonds is 8. The van der Waals surface area contributed by atoms with E-state index in [4.69, 9.17) is 0 Å². The lowest BCUT2D eigenvalue weighted by Gasteiger charge is -2.20. The Hall–Kier alpha value is -3.95. The van der Waals surface area contributed by atoms with Crippen LogP contribution in [0.25, 0.3) is 10.9 Å². The number of carbonyl (C=O) groups excluding carboxylic acids is 2. The molecular weight excluding hydrogens is 424 g/mol. The van der Waals surface area contributed by atoms with Gasteiger partial charge in [0, 0.05) is 42.0 Å². The predicted molar refractivity (Wildman–Crippen MR) is 125 cm³/mol. The SMILES string of the molecule is CCCC(NC(=O)c1n[nH]c2ccc([N+](=O)[O-])cc12)C(=O)Nc1cccc(N2CCCC2)c1. The summed E-state index contributed by atoms with van der Waals surface area (Å²) in [6.45, 7) is 3.93. The van der Waals surface area contributed by atoms with Crippen LogP contribution in [0.2, 0.25) is 0 Å². The summed E-state index contributed by atoms with van der Waals surface area (Å²) in [4.78, 5) is 38.8. The number of fused-ring (bicyclic) bond motifs is 1. The fourth-order valence-electron chi connectivity index (χ4n) is 4.06. The smallest absolute Gasteiger partial charge is 0.273 e. The molecular formula is C23H26N6O4. The Morgan fingerprint density at radius 1 is 1.21 bits per heavy atom. The lowest BCUT2D eigenvalue weighted by Crippen LogP contribution is -2.43. The highest BCUT2D eigenvalue weighted by atomic mass is 16.6. The molecule has 1 aliphatic rings. The van der Waals surface area contributed by atoms with Gasteiger partial charge in [-0.05, 0) is 43.5 Å². The van der Waals surface area contributed by atoms with Gasteiger partial charge >= 0.3 is 0 Å². The largest absolute Gasteiger partial charge is 0.371 e. The molecule has 1 fully saturated rings. The van der Waals surface area contributed by atoms with Crippen molar-refractivity contribution in [1.29, 1.82) is 0 Å². The first-order valence-corrected chi connectivity index (χ1v) is 11.1. The molecule has 0 aliphatic carbocycles. The van der Waals surface area contributed by atoms with E-state index in [0.29, 0.717) is 29.4 Å². The Kier molecular flexibility index (Phi) is 6.53. The topological polar surface area (TPSA) is 133 Å². The van der Waals surface area contributed by atoms with Crippen molar-refractivity contribution in [2.24, 2.45) is 0 Å². The normalized spacial score (nSPS) is 14.3. The summed E-state index contributed by atoms with van der Waals surface area (Å²) in [5, 5.41) is 23.8. The van der Waals surface area contributed by atoms with Crippen LogP contribution in [-0.2, 0) is 4.79 Å². The molecule has 1 atom stereocenters. The number of nitrogens with zero attached hydrogens (tertiary/aromatic N) is 3. The number of aromatic amines is 1. The van der Waals surface area contributed by atoms with Crippen LogP contribution >= 0.6 is 0 Å².